The highest BCUT2D eigenvalue weighted by atomic mass is 35.5. The number of hydrogen-bond acceptors (Lipinski definition) is 4. The van der Waals surface area contributed by atoms with Crippen molar-refractivity contribution in [3.8, 4) is 0 Å². The zero-order valence-electron chi connectivity index (χ0n) is 12.1. The highest BCUT2D eigenvalue weighted by molar-refractivity contribution is 6.30. The average molecular weight is 303 g/mol. The second kappa shape index (κ2) is 9.32. The van der Waals surface area contributed by atoms with Crippen LogP contribution in [0.3, 0.4) is 0 Å². The van der Waals surface area contributed by atoms with Crippen LogP contribution in [0.4, 0.5) is 0 Å². The number of aliphatic hydroxyl groups excluding tert-OH is 1. The van der Waals surface area contributed by atoms with Gasteiger partial charge in [-0.25, -0.2) is 0 Å². The number of halogens is 1. The highest BCUT2D eigenvalue weighted by Crippen LogP contribution is 2.25. The minimum atomic E-state index is -0.374. The predicted molar refractivity (Wildman–Crippen MR) is 79.2 cm³/mol. The van der Waals surface area contributed by atoms with Crippen molar-refractivity contribution < 1.29 is 19.3 Å². The van der Waals surface area contributed by atoms with E-state index in [-0.39, 0.29) is 12.2 Å². The number of ether oxygens (including phenoxy) is 3. The topological polar surface area (TPSA) is 47.9 Å². The van der Waals surface area contributed by atoms with Gasteiger partial charge in [-0.15, -0.1) is 0 Å². The number of hydrogen-bond donors (Lipinski definition) is 1. The van der Waals surface area contributed by atoms with Gasteiger partial charge in [-0.05, 0) is 31.5 Å². The average Bonchev–Trinajstić information content (AvgIpc) is 2.42. The standard InChI is InChI=1S/C15H23ClO4/c1-15(2,13-3-5-14(16)6-4-13)20-12-11-19-10-9-18-8-7-17/h3-6,17H,7-12H2,1-2H3. The minimum Gasteiger partial charge on any atom is -0.394 e. The summed E-state index contributed by atoms with van der Waals surface area (Å²) in [5.41, 5.74) is 0.703. The molecule has 0 saturated heterocycles. The Morgan fingerprint density at radius 1 is 0.950 bits per heavy atom. The maximum absolute atomic E-state index is 8.53. The van der Waals surface area contributed by atoms with Gasteiger partial charge in [-0.2, -0.15) is 0 Å². The Morgan fingerprint density at radius 2 is 1.50 bits per heavy atom. The lowest BCUT2D eigenvalue weighted by Gasteiger charge is -2.26. The summed E-state index contributed by atoms with van der Waals surface area (Å²) in [4.78, 5) is 0. The lowest BCUT2D eigenvalue weighted by molar-refractivity contribution is -0.0563. The molecule has 0 aliphatic heterocycles. The smallest absolute Gasteiger partial charge is 0.0876 e. The molecular formula is C15H23ClO4. The van der Waals surface area contributed by atoms with E-state index in [0.29, 0.717) is 33.0 Å². The fourth-order valence-corrected chi connectivity index (χ4v) is 1.80. The molecule has 5 heteroatoms. The van der Waals surface area contributed by atoms with Crippen LogP contribution in [0, 0.1) is 0 Å². The van der Waals surface area contributed by atoms with Crippen LogP contribution in [0.5, 0.6) is 0 Å². The van der Waals surface area contributed by atoms with Gasteiger partial charge < -0.3 is 19.3 Å². The van der Waals surface area contributed by atoms with Gasteiger partial charge in [0.25, 0.3) is 0 Å². The highest BCUT2D eigenvalue weighted by Gasteiger charge is 2.20. The van der Waals surface area contributed by atoms with Crippen LogP contribution in [-0.4, -0.2) is 44.7 Å². The van der Waals surface area contributed by atoms with Gasteiger partial charge in [0.2, 0.25) is 0 Å². The first-order chi connectivity index (χ1) is 9.56. The van der Waals surface area contributed by atoms with Crippen LogP contribution in [0.25, 0.3) is 0 Å². The molecule has 1 N–H and O–H groups in total. The van der Waals surface area contributed by atoms with Gasteiger partial charge in [0.05, 0.1) is 45.2 Å². The van der Waals surface area contributed by atoms with Crippen molar-refractivity contribution >= 4 is 11.6 Å². The third-order valence-electron chi connectivity index (χ3n) is 2.84. The molecule has 0 fully saturated rings. The van der Waals surface area contributed by atoms with Gasteiger partial charge in [-0.3, -0.25) is 0 Å². The summed E-state index contributed by atoms with van der Waals surface area (Å²) in [5.74, 6) is 0. The van der Waals surface area contributed by atoms with E-state index in [1.807, 2.05) is 38.1 Å². The van der Waals surface area contributed by atoms with Crippen LogP contribution < -0.4 is 0 Å². The van der Waals surface area contributed by atoms with Crippen molar-refractivity contribution in [1.29, 1.82) is 0 Å². The third kappa shape index (κ3) is 6.68. The quantitative estimate of drug-likeness (QED) is 0.675. The molecule has 0 aliphatic rings. The Balaban J connectivity index is 2.18. The molecule has 0 saturated carbocycles. The fraction of sp³-hybridized carbons (Fsp3) is 0.600. The number of aliphatic hydroxyl groups is 1. The summed E-state index contributed by atoms with van der Waals surface area (Å²) < 4.78 is 16.3. The first kappa shape index (κ1) is 17.4. The molecule has 1 aromatic carbocycles. The Morgan fingerprint density at radius 3 is 2.10 bits per heavy atom. The van der Waals surface area contributed by atoms with Crippen molar-refractivity contribution in [2.75, 3.05) is 39.6 Å². The molecule has 0 radical (unpaired) electrons. The van der Waals surface area contributed by atoms with Crippen LogP contribution in [0.1, 0.15) is 19.4 Å². The molecule has 0 aromatic heterocycles. The Bertz CT molecular complexity index is 365. The molecule has 0 atom stereocenters. The van der Waals surface area contributed by atoms with E-state index in [0.717, 1.165) is 10.6 Å². The first-order valence-electron chi connectivity index (χ1n) is 6.72. The van der Waals surface area contributed by atoms with Crippen LogP contribution in [0.15, 0.2) is 24.3 Å². The molecule has 114 valence electrons. The van der Waals surface area contributed by atoms with Crippen LogP contribution in [-0.2, 0) is 19.8 Å². The van der Waals surface area contributed by atoms with E-state index >= 15 is 0 Å². The molecule has 0 aliphatic carbocycles. The largest absolute Gasteiger partial charge is 0.394 e. The monoisotopic (exact) mass is 302 g/mol. The van der Waals surface area contributed by atoms with Crippen molar-refractivity contribution in [3.63, 3.8) is 0 Å². The second-order valence-electron chi connectivity index (χ2n) is 4.81. The molecule has 0 unspecified atom stereocenters. The molecule has 0 spiro atoms. The lowest BCUT2D eigenvalue weighted by atomic mass is 9.98. The molecule has 4 nitrogen and oxygen atoms in total. The minimum absolute atomic E-state index is 0.0401. The van der Waals surface area contributed by atoms with Gasteiger partial charge in [0, 0.05) is 5.02 Å². The van der Waals surface area contributed by atoms with Gasteiger partial charge >= 0.3 is 0 Å². The molecular weight excluding hydrogens is 280 g/mol. The summed E-state index contributed by atoms with van der Waals surface area (Å²) in [5, 5.41) is 9.25. The predicted octanol–water partition coefficient (Wildman–Crippen LogP) is 2.62. The molecule has 0 heterocycles. The van der Waals surface area contributed by atoms with Gasteiger partial charge in [0.15, 0.2) is 0 Å². The van der Waals surface area contributed by atoms with Crippen LogP contribution >= 0.6 is 11.6 Å². The second-order valence-corrected chi connectivity index (χ2v) is 5.25. The maximum atomic E-state index is 8.53. The summed E-state index contributed by atoms with van der Waals surface area (Å²) >= 11 is 5.87. The van der Waals surface area contributed by atoms with Crippen molar-refractivity contribution in [2.24, 2.45) is 0 Å². The molecule has 0 bridgehead atoms. The maximum Gasteiger partial charge on any atom is 0.0876 e. The number of benzene rings is 1. The van der Waals surface area contributed by atoms with E-state index in [9.17, 15) is 0 Å². The molecule has 1 aromatic rings. The van der Waals surface area contributed by atoms with Gasteiger partial charge in [-0.1, -0.05) is 23.7 Å². The first-order valence-corrected chi connectivity index (χ1v) is 7.10. The van der Waals surface area contributed by atoms with Crippen molar-refractivity contribution in [1.82, 2.24) is 0 Å². The zero-order chi connectivity index (χ0) is 14.8. The van der Waals surface area contributed by atoms with E-state index < -0.39 is 0 Å². The third-order valence-corrected chi connectivity index (χ3v) is 3.09. The van der Waals surface area contributed by atoms with E-state index in [2.05, 4.69) is 0 Å². The summed E-state index contributed by atoms with van der Waals surface area (Å²) in [6, 6.07) is 7.64. The summed E-state index contributed by atoms with van der Waals surface area (Å²) in [6.07, 6.45) is 0. The SMILES string of the molecule is CC(C)(OCCOCCOCCO)c1ccc(Cl)cc1. The van der Waals surface area contributed by atoms with Crippen molar-refractivity contribution in [2.45, 2.75) is 19.4 Å². The number of rotatable bonds is 10. The molecule has 1 rings (SSSR count). The van der Waals surface area contributed by atoms with Crippen LogP contribution in [0.2, 0.25) is 5.02 Å². The lowest BCUT2D eigenvalue weighted by Crippen LogP contribution is -2.24. The van der Waals surface area contributed by atoms with E-state index in [4.69, 9.17) is 30.9 Å². The summed E-state index contributed by atoms with van der Waals surface area (Å²) in [7, 11) is 0. The Kier molecular flexibility index (Phi) is 8.11. The Hall–Kier alpha value is -0.650. The van der Waals surface area contributed by atoms with Gasteiger partial charge in [0.1, 0.15) is 0 Å². The van der Waals surface area contributed by atoms with E-state index in [1.165, 1.54) is 0 Å². The molecule has 20 heavy (non-hydrogen) atoms. The normalized spacial score (nSPS) is 11.8. The summed E-state index contributed by atoms with van der Waals surface area (Å²) in [6.45, 7) is 6.43. The van der Waals surface area contributed by atoms with E-state index in [1.54, 1.807) is 0 Å². The zero-order valence-corrected chi connectivity index (χ0v) is 12.9. The fourth-order valence-electron chi connectivity index (χ4n) is 1.68. The Labute approximate surface area is 125 Å². The molecule has 0 amide bonds. The van der Waals surface area contributed by atoms with Crippen molar-refractivity contribution in [3.05, 3.63) is 34.9 Å².